The number of hydrogen-bond donors (Lipinski definition) is 1. The third-order valence-corrected chi connectivity index (χ3v) is 5.03. The van der Waals surface area contributed by atoms with Gasteiger partial charge in [-0.15, -0.1) is 10.2 Å². The summed E-state index contributed by atoms with van der Waals surface area (Å²) in [5.74, 6) is 1.28. The fourth-order valence-corrected chi connectivity index (χ4v) is 3.52. The zero-order valence-corrected chi connectivity index (χ0v) is 14.0. The van der Waals surface area contributed by atoms with Gasteiger partial charge in [0.2, 0.25) is 17.7 Å². The maximum atomic E-state index is 12.4. The van der Waals surface area contributed by atoms with Crippen molar-refractivity contribution in [3.05, 3.63) is 22.7 Å². The number of likely N-dealkylation sites (tertiary alicyclic amines) is 1. The van der Waals surface area contributed by atoms with E-state index >= 15 is 0 Å². The van der Waals surface area contributed by atoms with E-state index in [4.69, 9.17) is 4.42 Å². The van der Waals surface area contributed by atoms with Gasteiger partial charge in [-0.05, 0) is 37.1 Å². The Hall–Kier alpha value is -1.73. The molecule has 124 valence electrons. The van der Waals surface area contributed by atoms with Gasteiger partial charge in [0.25, 0.3) is 0 Å². The molecule has 1 fully saturated rings. The third-order valence-electron chi connectivity index (χ3n) is 4.35. The lowest BCUT2D eigenvalue weighted by Crippen LogP contribution is -2.46. The molecule has 0 aliphatic carbocycles. The van der Waals surface area contributed by atoms with E-state index in [1.165, 1.54) is 0 Å². The molecule has 1 saturated heterocycles. The molecule has 3 rings (SSSR count). The van der Waals surface area contributed by atoms with Crippen LogP contribution in [0.2, 0.25) is 0 Å². The Bertz CT molecular complexity index is 641. The van der Waals surface area contributed by atoms with Gasteiger partial charge in [-0.2, -0.15) is 11.3 Å². The van der Waals surface area contributed by atoms with Crippen LogP contribution in [0.15, 0.2) is 21.2 Å². The molecule has 23 heavy (non-hydrogen) atoms. The summed E-state index contributed by atoms with van der Waals surface area (Å²) in [6.45, 7) is 2.84. The largest absolute Gasteiger partial charge is 0.421 e. The molecule has 6 nitrogen and oxygen atoms in total. The van der Waals surface area contributed by atoms with Crippen molar-refractivity contribution in [1.82, 2.24) is 15.1 Å². The molecule has 0 radical (unpaired) electrons. The van der Waals surface area contributed by atoms with Crippen molar-refractivity contribution >= 4 is 17.2 Å². The second-order valence-electron chi connectivity index (χ2n) is 6.03. The SMILES string of the molecule is CC1CCC(CO)CN1C(=O)CCc1nnc(-c2ccsc2)o1. The molecule has 0 bridgehead atoms. The lowest BCUT2D eigenvalue weighted by atomic mass is 9.94. The van der Waals surface area contributed by atoms with Crippen molar-refractivity contribution in [3.63, 3.8) is 0 Å². The summed E-state index contributed by atoms with van der Waals surface area (Å²) in [5, 5.41) is 21.3. The molecule has 2 atom stereocenters. The molecule has 1 N–H and O–H groups in total. The van der Waals surface area contributed by atoms with Gasteiger partial charge < -0.3 is 14.4 Å². The molecular formula is C16H21N3O3S. The van der Waals surface area contributed by atoms with Gasteiger partial charge in [0.1, 0.15) is 0 Å². The lowest BCUT2D eigenvalue weighted by Gasteiger charge is -2.37. The third kappa shape index (κ3) is 3.79. The number of nitrogens with zero attached hydrogens (tertiary/aromatic N) is 3. The van der Waals surface area contributed by atoms with E-state index in [0.717, 1.165) is 18.4 Å². The van der Waals surface area contributed by atoms with Crippen LogP contribution in [-0.4, -0.2) is 45.3 Å². The number of aliphatic hydroxyl groups excluding tert-OH is 1. The topological polar surface area (TPSA) is 79.5 Å². The second kappa shape index (κ2) is 7.23. The van der Waals surface area contributed by atoms with Crippen LogP contribution in [0.25, 0.3) is 11.5 Å². The Kier molecular flexibility index (Phi) is 5.07. The summed E-state index contributed by atoms with van der Waals surface area (Å²) >= 11 is 1.57. The van der Waals surface area contributed by atoms with Gasteiger partial charge >= 0.3 is 0 Å². The maximum Gasteiger partial charge on any atom is 0.248 e. The van der Waals surface area contributed by atoms with Crippen LogP contribution in [-0.2, 0) is 11.2 Å². The molecule has 3 heterocycles. The zero-order valence-electron chi connectivity index (χ0n) is 13.1. The maximum absolute atomic E-state index is 12.4. The molecule has 0 aromatic carbocycles. The first-order chi connectivity index (χ1) is 11.2. The van der Waals surface area contributed by atoms with Crippen molar-refractivity contribution in [2.24, 2.45) is 5.92 Å². The number of rotatable bonds is 5. The minimum Gasteiger partial charge on any atom is -0.421 e. The van der Waals surface area contributed by atoms with Crippen LogP contribution in [0.3, 0.4) is 0 Å². The minimum absolute atomic E-state index is 0.0888. The normalized spacial score (nSPS) is 21.6. The van der Waals surface area contributed by atoms with E-state index in [-0.39, 0.29) is 24.5 Å². The summed E-state index contributed by atoms with van der Waals surface area (Å²) in [6, 6.07) is 2.16. The summed E-state index contributed by atoms with van der Waals surface area (Å²) in [5.41, 5.74) is 0.913. The first-order valence-electron chi connectivity index (χ1n) is 7.92. The molecule has 2 aromatic heterocycles. The molecular weight excluding hydrogens is 314 g/mol. The molecule has 1 aliphatic rings. The monoisotopic (exact) mass is 335 g/mol. The summed E-state index contributed by atoms with van der Waals surface area (Å²) in [6.07, 6.45) is 2.73. The van der Waals surface area contributed by atoms with E-state index in [1.54, 1.807) is 11.3 Å². The van der Waals surface area contributed by atoms with E-state index < -0.39 is 0 Å². The van der Waals surface area contributed by atoms with Gasteiger partial charge in [-0.25, -0.2) is 0 Å². The van der Waals surface area contributed by atoms with Gasteiger partial charge in [-0.3, -0.25) is 4.79 Å². The van der Waals surface area contributed by atoms with Gasteiger partial charge in [0.05, 0.1) is 0 Å². The zero-order chi connectivity index (χ0) is 16.2. The van der Waals surface area contributed by atoms with Crippen LogP contribution in [0.4, 0.5) is 0 Å². The average molecular weight is 335 g/mol. The first-order valence-corrected chi connectivity index (χ1v) is 8.87. The van der Waals surface area contributed by atoms with Gasteiger partial charge in [-0.1, -0.05) is 0 Å². The Balaban J connectivity index is 1.56. The van der Waals surface area contributed by atoms with Crippen molar-refractivity contribution in [1.29, 1.82) is 0 Å². The van der Waals surface area contributed by atoms with Crippen molar-refractivity contribution < 1.29 is 14.3 Å². The average Bonchev–Trinajstić information content (AvgIpc) is 3.24. The highest BCUT2D eigenvalue weighted by Gasteiger charge is 2.28. The highest BCUT2D eigenvalue weighted by Crippen LogP contribution is 2.23. The minimum atomic E-state index is 0.0888. The number of aliphatic hydroxyl groups is 1. The van der Waals surface area contributed by atoms with Crippen molar-refractivity contribution in [2.45, 2.75) is 38.6 Å². The number of amides is 1. The summed E-state index contributed by atoms with van der Waals surface area (Å²) in [4.78, 5) is 14.3. The van der Waals surface area contributed by atoms with Crippen LogP contribution in [0.1, 0.15) is 32.1 Å². The number of piperidine rings is 1. The highest BCUT2D eigenvalue weighted by molar-refractivity contribution is 7.08. The predicted molar refractivity (Wildman–Crippen MR) is 86.9 cm³/mol. The van der Waals surface area contributed by atoms with Crippen molar-refractivity contribution in [2.75, 3.05) is 13.2 Å². The van der Waals surface area contributed by atoms with E-state index in [9.17, 15) is 9.90 Å². The smallest absolute Gasteiger partial charge is 0.248 e. The van der Waals surface area contributed by atoms with Crippen LogP contribution in [0.5, 0.6) is 0 Å². The van der Waals surface area contributed by atoms with Crippen LogP contribution < -0.4 is 0 Å². The Morgan fingerprint density at radius 3 is 3.09 bits per heavy atom. The fraction of sp³-hybridized carbons (Fsp3) is 0.562. The predicted octanol–water partition coefficient (Wildman–Crippen LogP) is 2.35. The Labute approximate surface area is 139 Å². The molecule has 2 unspecified atom stereocenters. The Morgan fingerprint density at radius 1 is 1.48 bits per heavy atom. The first kappa shape index (κ1) is 16.1. The quantitative estimate of drug-likeness (QED) is 0.907. The van der Waals surface area contributed by atoms with E-state index in [1.807, 2.05) is 21.7 Å². The number of thiophene rings is 1. The highest BCUT2D eigenvalue weighted by atomic mass is 32.1. The number of aromatic nitrogens is 2. The lowest BCUT2D eigenvalue weighted by molar-refractivity contribution is -0.136. The molecule has 1 aliphatic heterocycles. The fourth-order valence-electron chi connectivity index (χ4n) is 2.89. The molecule has 0 saturated carbocycles. The Morgan fingerprint density at radius 2 is 2.35 bits per heavy atom. The number of carbonyl (C=O) groups is 1. The molecule has 2 aromatic rings. The van der Waals surface area contributed by atoms with Crippen LogP contribution in [0, 0.1) is 5.92 Å². The second-order valence-corrected chi connectivity index (χ2v) is 6.81. The van der Waals surface area contributed by atoms with Crippen LogP contribution >= 0.6 is 11.3 Å². The van der Waals surface area contributed by atoms with Gasteiger partial charge in [0, 0.05) is 43.0 Å². The van der Waals surface area contributed by atoms with Crippen molar-refractivity contribution in [3.8, 4) is 11.5 Å². The number of aryl methyl sites for hydroxylation is 1. The summed E-state index contributed by atoms with van der Waals surface area (Å²) < 4.78 is 5.61. The standard InChI is InChI=1S/C16H21N3O3S/c1-11-2-3-12(9-20)8-19(11)15(21)5-4-14-17-18-16(22-14)13-6-7-23-10-13/h6-7,10-12,20H,2-5,8-9H2,1H3. The van der Waals surface area contributed by atoms with Gasteiger partial charge in [0.15, 0.2) is 0 Å². The number of carbonyl (C=O) groups excluding carboxylic acids is 1. The van der Waals surface area contributed by atoms with E-state index in [0.29, 0.717) is 31.2 Å². The molecule has 0 spiro atoms. The van der Waals surface area contributed by atoms with E-state index in [2.05, 4.69) is 17.1 Å². The number of hydrogen-bond acceptors (Lipinski definition) is 6. The summed E-state index contributed by atoms with van der Waals surface area (Å²) in [7, 11) is 0. The molecule has 1 amide bonds. The molecule has 7 heteroatoms.